The Morgan fingerprint density at radius 1 is 1.75 bits per heavy atom. The molecule has 0 radical (unpaired) electrons. The highest BCUT2D eigenvalue weighted by molar-refractivity contribution is 4.49. The van der Waals surface area contributed by atoms with E-state index < -0.39 is 6.23 Å². The largest absolute Gasteiger partial charge is 0.369 e. The Morgan fingerprint density at radius 3 is 2.75 bits per heavy atom. The molecule has 0 aromatic heterocycles. The van der Waals surface area contributed by atoms with Gasteiger partial charge in [-0.2, -0.15) is 0 Å². The first-order valence-corrected chi connectivity index (χ1v) is 2.52. The van der Waals surface area contributed by atoms with Crippen molar-refractivity contribution in [2.24, 2.45) is 10.9 Å². The van der Waals surface area contributed by atoms with Crippen molar-refractivity contribution in [3.8, 4) is 0 Å². The number of hydrogen-bond donors (Lipinski definition) is 2. The van der Waals surface area contributed by atoms with Gasteiger partial charge in [-0.3, -0.25) is 0 Å². The van der Waals surface area contributed by atoms with Crippen LogP contribution in [-0.4, -0.2) is 17.9 Å². The monoisotopic (exact) mass is 118 g/mol. The average molecular weight is 118 g/mol. The van der Waals surface area contributed by atoms with Crippen LogP contribution < -0.4 is 5.73 Å². The minimum Gasteiger partial charge on any atom is -0.369 e. The minimum absolute atomic E-state index is 0.375. The molecule has 4 heteroatoms. The predicted molar refractivity (Wildman–Crippen MR) is 30.1 cm³/mol. The first-order valence-electron chi connectivity index (χ1n) is 2.52. The van der Waals surface area contributed by atoms with E-state index in [2.05, 4.69) is 5.18 Å². The summed E-state index contributed by atoms with van der Waals surface area (Å²) in [5.41, 5.74) is 5.08. The van der Waals surface area contributed by atoms with Crippen molar-refractivity contribution in [3.63, 3.8) is 0 Å². The third-order valence-corrected chi connectivity index (χ3v) is 0.788. The van der Waals surface area contributed by atoms with Crippen LogP contribution in [0.4, 0.5) is 0 Å². The molecule has 0 spiro atoms. The summed E-state index contributed by atoms with van der Waals surface area (Å²) >= 11 is 0. The van der Waals surface area contributed by atoms with Gasteiger partial charge in [0.1, 0.15) is 0 Å². The summed E-state index contributed by atoms with van der Waals surface area (Å²) in [5.74, 6) is 0. The summed E-state index contributed by atoms with van der Waals surface area (Å²) < 4.78 is 0. The normalized spacial score (nSPS) is 13.2. The molecule has 1 unspecified atom stereocenters. The topological polar surface area (TPSA) is 75.7 Å². The van der Waals surface area contributed by atoms with Crippen molar-refractivity contribution in [3.05, 3.63) is 4.91 Å². The van der Waals surface area contributed by atoms with Crippen LogP contribution in [0.3, 0.4) is 0 Å². The highest BCUT2D eigenvalue weighted by Gasteiger charge is 1.98. The molecule has 0 aromatic carbocycles. The van der Waals surface area contributed by atoms with Gasteiger partial charge in [-0.25, -0.2) is 0 Å². The molecule has 0 aliphatic carbocycles. The maximum absolute atomic E-state index is 9.47. The van der Waals surface area contributed by atoms with Gasteiger partial charge in [0.15, 0.2) is 6.23 Å². The third-order valence-electron chi connectivity index (χ3n) is 0.788. The van der Waals surface area contributed by atoms with Gasteiger partial charge >= 0.3 is 0 Å². The van der Waals surface area contributed by atoms with Crippen LogP contribution in [0.5, 0.6) is 0 Å². The van der Waals surface area contributed by atoms with Crippen LogP contribution in [0.15, 0.2) is 5.18 Å². The molecule has 0 amide bonds. The van der Waals surface area contributed by atoms with Crippen LogP contribution in [0.1, 0.15) is 12.8 Å². The summed E-state index contributed by atoms with van der Waals surface area (Å²) in [6.07, 6.45) is -0.0362. The van der Waals surface area contributed by atoms with Crippen molar-refractivity contribution in [2.75, 3.05) is 6.54 Å². The lowest BCUT2D eigenvalue weighted by Gasteiger charge is -1.96. The number of nitroso groups, excluding NO2 is 1. The van der Waals surface area contributed by atoms with E-state index in [1.807, 2.05) is 0 Å². The molecule has 3 N–H and O–H groups in total. The second-order valence-corrected chi connectivity index (χ2v) is 1.52. The van der Waals surface area contributed by atoms with E-state index >= 15 is 0 Å². The molecule has 0 rings (SSSR count). The van der Waals surface area contributed by atoms with Crippen molar-refractivity contribution >= 4 is 0 Å². The molecule has 0 aliphatic heterocycles. The third kappa shape index (κ3) is 3.70. The summed E-state index contributed by atoms with van der Waals surface area (Å²) in [6.45, 7) is 0.493. The Morgan fingerprint density at radius 2 is 2.38 bits per heavy atom. The fourth-order valence-electron chi connectivity index (χ4n) is 0.353. The smallest absolute Gasteiger partial charge is 0.186 e. The molecule has 48 valence electrons. The molecular weight excluding hydrogens is 108 g/mol. The number of hydrogen-bond acceptors (Lipinski definition) is 4. The van der Waals surface area contributed by atoms with Crippen LogP contribution >= 0.6 is 0 Å². The van der Waals surface area contributed by atoms with Gasteiger partial charge in [0.05, 0.1) is 0 Å². The zero-order valence-corrected chi connectivity index (χ0v) is 4.58. The van der Waals surface area contributed by atoms with E-state index in [0.717, 1.165) is 0 Å². The van der Waals surface area contributed by atoms with E-state index in [-0.39, 0.29) is 0 Å². The molecule has 0 saturated carbocycles. The van der Waals surface area contributed by atoms with Gasteiger partial charge < -0.3 is 10.8 Å². The van der Waals surface area contributed by atoms with Crippen molar-refractivity contribution in [1.82, 2.24) is 0 Å². The molecule has 4 nitrogen and oxygen atoms in total. The molecule has 0 heterocycles. The SMILES string of the molecule is NCCCC(O)N=O. The highest BCUT2D eigenvalue weighted by atomic mass is 16.3. The van der Waals surface area contributed by atoms with E-state index in [1.54, 1.807) is 0 Å². The number of aliphatic hydroxyl groups is 1. The molecule has 0 fully saturated rings. The standard InChI is InChI=1S/C4H10N2O2/c5-3-1-2-4(7)6-8/h4,7H,1-3,5H2. The zero-order chi connectivity index (χ0) is 6.41. The lowest BCUT2D eigenvalue weighted by molar-refractivity contribution is 0.170. The van der Waals surface area contributed by atoms with E-state index in [9.17, 15) is 4.91 Å². The number of nitrogens with zero attached hydrogens (tertiary/aromatic N) is 1. The second kappa shape index (κ2) is 4.67. The lowest BCUT2D eigenvalue weighted by atomic mass is 10.3. The van der Waals surface area contributed by atoms with E-state index in [0.29, 0.717) is 19.4 Å². The molecule has 1 atom stereocenters. The van der Waals surface area contributed by atoms with Crippen LogP contribution in [0.2, 0.25) is 0 Å². The van der Waals surface area contributed by atoms with Crippen LogP contribution in [0, 0.1) is 4.91 Å². The second-order valence-electron chi connectivity index (χ2n) is 1.52. The molecule has 0 bridgehead atoms. The first-order chi connectivity index (χ1) is 3.81. The number of nitrogens with two attached hydrogens (primary N) is 1. The summed E-state index contributed by atoms with van der Waals surface area (Å²) in [5, 5.41) is 10.8. The lowest BCUT2D eigenvalue weighted by Crippen LogP contribution is -2.06. The van der Waals surface area contributed by atoms with Gasteiger partial charge in [-0.05, 0) is 24.6 Å². The average Bonchev–Trinajstić information content (AvgIpc) is 1.83. The quantitative estimate of drug-likeness (QED) is 0.502. The van der Waals surface area contributed by atoms with Crippen molar-refractivity contribution in [1.29, 1.82) is 0 Å². The highest BCUT2D eigenvalue weighted by Crippen LogP contribution is 1.94. The number of aliphatic hydroxyl groups excluding tert-OH is 1. The summed E-state index contributed by atoms with van der Waals surface area (Å²) in [6, 6.07) is 0. The van der Waals surface area contributed by atoms with Gasteiger partial charge in [0, 0.05) is 0 Å². The maximum Gasteiger partial charge on any atom is 0.186 e. The van der Waals surface area contributed by atoms with Gasteiger partial charge in [-0.15, -0.1) is 4.91 Å². The Balaban J connectivity index is 2.98. The zero-order valence-electron chi connectivity index (χ0n) is 4.58. The number of rotatable bonds is 4. The van der Waals surface area contributed by atoms with E-state index in [1.165, 1.54) is 0 Å². The fourth-order valence-corrected chi connectivity index (χ4v) is 0.353. The fraction of sp³-hybridized carbons (Fsp3) is 1.00. The summed E-state index contributed by atoms with van der Waals surface area (Å²) in [4.78, 5) is 9.47. The predicted octanol–water partition coefficient (Wildman–Crippen LogP) is -0.190. The van der Waals surface area contributed by atoms with Gasteiger partial charge in [0.25, 0.3) is 0 Å². The molecule has 0 aliphatic rings. The van der Waals surface area contributed by atoms with Crippen LogP contribution in [-0.2, 0) is 0 Å². The van der Waals surface area contributed by atoms with Gasteiger partial charge in [0.2, 0.25) is 0 Å². The van der Waals surface area contributed by atoms with Crippen LogP contribution in [0.25, 0.3) is 0 Å². The summed E-state index contributed by atoms with van der Waals surface area (Å²) in [7, 11) is 0. The first kappa shape index (κ1) is 7.52. The van der Waals surface area contributed by atoms with Gasteiger partial charge in [-0.1, -0.05) is 0 Å². The van der Waals surface area contributed by atoms with Crippen molar-refractivity contribution < 1.29 is 5.11 Å². The minimum atomic E-state index is -1.06. The molecule has 0 aromatic rings. The Hall–Kier alpha value is -0.480. The Labute approximate surface area is 47.7 Å². The van der Waals surface area contributed by atoms with E-state index in [4.69, 9.17) is 10.8 Å². The Bertz CT molecular complexity index is 67.1. The molecule has 8 heavy (non-hydrogen) atoms. The maximum atomic E-state index is 9.47. The molecule has 0 saturated heterocycles. The Kier molecular flexibility index (Phi) is 4.39. The molecular formula is C4H10N2O2. The van der Waals surface area contributed by atoms with Crippen molar-refractivity contribution in [2.45, 2.75) is 19.1 Å².